The SMILES string of the molecule is CC(C)Oc1ccc(C(=O)N2CCCCC2C)cc1. The Morgan fingerprint density at radius 2 is 1.95 bits per heavy atom. The van der Waals surface area contributed by atoms with E-state index < -0.39 is 0 Å². The number of benzene rings is 1. The van der Waals surface area contributed by atoms with Crippen LogP contribution in [-0.2, 0) is 0 Å². The molecule has 0 N–H and O–H groups in total. The quantitative estimate of drug-likeness (QED) is 0.833. The predicted octanol–water partition coefficient (Wildman–Crippen LogP) is 3.49. The fourth-order valence-corrected chi connectivity index (χ4v) is 2.51. The van der Waals surface area contributed by atoms with Crippen LogP contribution in [-0.4, -0.2) is 29.5 Å². The molecule has 1 aromatic carbocycles. The highest BCUT2D eigenvalue weighted by Gasteiger charge is 2.23. The van der Waals surface area contributed by atoms with E-state index in [1.165, 1.54) is 6.42 Å². The molecule has 1 amide bonds. The van der Waals surface area contributed by atoms with Crippen molar-refractivity contribution >= 4 is 5.91 Å². The third-order valence-electron chi connectivity index (χ3n) is 3.54. The lowest BCUT2D eigenvalue weighted by Crippen LogP contribution is -2.41. The molecule has 1 saturated heterocycles. The van der Waals surface area contributed by atoms with Crippen LogP contribution in [0.5, 0.6) is 5.75 Å². The zero-order valence-electron chi connectivity index (χ0n) is 12.1. The highest BCUT2D eigenvalue weighted by Crippen LogP contribution is 2.21. The van der Waals surface area contributed by atoms with Gasteiger partial charge >= 0.3 is 0 Å². The van der Waals surface area contributed by atoms with Crippen LogP contribution in [0.2, 0.25) is 0 Å². The van der Waals surface area contributed by atoms with Gasteiger partial charge in [-0.05, 0) is 64.3 Å². The molecule has 0 spiro atoms. The lowest BCUT2D eigenvalue weighted by atomic mass is 10.0. The van der Waals surface area contributed by atoms with Crippen LogP contribution in [0, 0.1) is 0 Å². The molecule has 3 heteroatoms. The van der Waals surface area contributed by atoms with Gasteiger partial charge in [-0.15, -0.1) is 0 Å². The summed E-state index contributed by atoms with van der Waals surface area (Å²) in [5.41, 5.74) is 0.754. The van der Waals surface area contributed by atoms with Crippen molar-refractivity contribution in [2.24, 2.45) is 0 Å². The van der Waals surface area contributed by atoms with Gasteiger partial charge in [-0.3, -0.25) is 4.79 Å². The van der Waals surface area contributed by atoms with Gasteiger partial charge in [0.05, 0.1) is 6.10 Å². The summed E-state index contributed by atoms with van der Waals surface area (Å²) in [7, 11) is 0. The Morgan fingerprint density at radius 3 is 2.53 bits per heavy atom. The number of nitrogens with zero attached hydrogens (tertiary/aromatic N) is 1. The number of ether oxygens (including phenoxy) is 1. The summed E-state index contributed by atoms with van der Waals surface area (Å²) < 4.78 is 5.59. The number of rotatable bonds is 3. The Kier molecular flexibility index (Phi) is 4.46. The molecule has 0 aromatic heterocycles. The van der Waals surface area contributed by atoms with E-state index in [0.29, 0.717) is 6.04 Å². The Morgan fingerprint density at radius 1 is 1.26 bits per heavy atom. The molecule has 1 unspecified atom stereocenters. The van der Waals surface area contributed by atoms with Crippen molar-refractivity contribution in [3.05, 3.63) is 29.8 Å². The van der Waals surface area contributed by atoms with Crippen LogP contribution < -0.4 is 4.74 Å². The molecule has 1 heterocycles. The third kappa shape index (κ3) is 3.49. The second kappa shape index (κ2) is 6.09. The first-order valence-corrected chi connectivity index (χ1v) is 7.15. The van der Waals surface area contributed by atoms with E-state index in [1.807, 2.05) is 43.0 Å². The van der Waals surface area contributed by atoms with Crippen molar-refractivity contribution in [1.82, 2.24) is 4.90 Å². The van der Waals surface area contributed by atoms with Crippen LogP contribution >= 0.6 is 0 Å². The average molecular weight is 261 g/mol. The van der Waals surface area contributed by atoms with Gasteiger partial charge in [0, 0.05) is 18.2 Å². The first-order valence-electron chi connectivity index (χ1n) is 7.15. The molecule has 0 radical (unpaired) electrons. The van der Waals surface area contributed by atoms with Crippen LogP contribution in [0.15, 0.2) is 24.3 Å². The molecule has 0 saturated carbocycles. The molecule has 1 aliphatic rings. The highest BCUT2D eigenvalue weighted by molar-refractivity contribution is 5.94. The molecule has 3 nitrogen and oxygen atoms in total. The standard InChI is InChI=1S/C16H23NO2/c1-12(2)19-15-9-7-14(8-10-15)16(18)17-11-5-4-6-13(17)3/h7-10,12-13H,4-6,11H2,1-3H3. The molecular formula is C16H23NO2. The van der Waals surface area contributed by atoms with E-state index in [4.69, 9.17) is 4.74 Å². The number of hydrogen-bond donors (Lipinski definition) is 0. The molecule has 0 bridgehead atoms. The summed E-state index contributed by atoms with van der Waals surface area (Å²) in [5.74, 6) is 0.960. The first kappa shape index (κ1) is 13.9. The largest absolute Gasteiger partial charge is 0.491 e. The van der Waals surface area contributed by atoms with Gasteiger partial charge in [0.2, 0.25) is 0 Å². The Bertz CT molecular complexity index is 425. The lowest BCUT2D eigenvalue weighted by Gasteiger charge is -2.33. The summed E-state index contributed by atoms with van der Waals surface area (Å²) in [5, 5.41) is 0. The van der Waals surface area contributed by atoms with Gasteiger partial charge in [-0.25, -0.2) is 0 Å². The van der Waals surface area contributed by atoms with Crippen LogP contribution in [0.4, 0.5) is 0 Å². The van der Waals surface area contributed by atoms with Crippen LogP contribution in [0.3, 0.4) is 0 Å². The molecule has 1 atom stereocenters. The van der Waals surface area contributed by atoms with Crippen molar-refractivity contribution in [1.29, 1.82) is 0 Å². The number of hydrogen-bond acceptors (Lipinski definition) is 2. The minimum absolute atomic E-state index is 0.142. The summed E-state index contributed by atoms with van der Waals surface area (Å²) in [6.07, 6.45) is 3.61. The third-order valence-corrected chi connectivity index (χ3v) is 3.54. The summed E-state index contributed by atoms with van der Waals surface area (Å²) in [4.78, 5) is 14.4. The van der Waals surface area contributed by atoms with Crippen LogP contribution in [0.25, 0.3) is 0 Å². The maximum Gasteiger partial charge on any atom is 0.254 e. The van der Waals surface area contributed by atoms with Gasteiger partial charge in [0.25, 0.3) is 5.91 Å². The number of piperidine rings is 1. The monoisotopic (exact) mass is 261 g/mol. The van der Waals surface area contributed by atoms with Crippen molar-refractivity contribution < 1.29 is 9.53 Å². The maximum absolute atomic E-state index is 12.4. The molecule has 2 rings (SSSR count). The second-order valence-corrected chi connectivity index (χ2v) is 5.53. The maximum atomic E-state index is 12.4. The minimum Gasteiger partial charge on any atom is -0.491 e. The van der Waals surface area contributed by atoms with E-state index in [0.717, 1.165) is 30.7 Å². The minimum atomic E-state index is 0.142. The lowest BCUT2D eigenvalue weighted by molar-refractivity contribution is 0.0635. The number of amides is 1. The van der Waals surface area contributed by atoms with Crippen molar-refractivity contribution in [2.75, 3.05) is 6.54 Å². The topological polar surface area (TPSA) is 29.5 Å². The van der Waals surface area contributed by atoms with Gasteiger partial charge < -0.3 is 9.64 Å². The van der Waals surface area contributed by atoms with E-state index >= 15 is 0 Å². The summed E-state index contributed by atoms with van der Waals surface area (Å²) >= 11 is 0. The van der Waals surface area contributed by atoms with Gasteiger partial charge in [0.1, 0.15) is 5.75 Å². The zero-order valence-corrected chi connectivity index (χ0v) is 12.1. The molecule has 1 fully saturated rings. The number of carbonyl (C=O) groups is 1. The smallest absolute Gasteiger partial charge is 0.254 e. The first-order chi connectivity index (χ1) is 9.08. The Balaban J connectivity index is 2.06. The number of carbonyl (C=O) groups excluding carboxylic acids is 1. The molecular weight excluding hydrogens is 238 g/mol. The van der Waals surface area contributed by atoms with Gasteiger partial charge in [-0.1, -0.05) is 0 Å². The van der Waals surface area contributed by atoms with Crippen LogP contribution in [0.1, 0.15) is 50.4 Å². The molecule has 104 valence electrons. The second-order valence-electron chi connectivity index (χ2n) is 5.53. The highest BCUT2D eigenvalue weighted by atomic mass is 16.5. The van der Waals surface area contributed by atoms with Crippen molar-refractivity contribution in [3.8, 4) is 5.75 Å². The van der Waals surface area contributed by atoms with E-state index in [1.54, 1.807) is 0 Å². The molecule has 0 aliphatic carbocycles. The van der Waals surface area contributed by atoms with Gasteiger partial charge in [-0.2, -0.15) is 0 Å². The predicted molar refractivity (Wildman–Crippen MR) is 76.6 cm³/mol. The Labute approximate surface area is 115 Å². The van der Waals surface area contributed by atoms with Crippen molar-refractivity contribution in [2.45, 2.75) is 52.2 Å². The summed E-state index contributed by atoms with van der Waals surface area (Å²) in [6.45, 7) is 7.00. The van der Waals surface area contributed by atoms with E-state index in [2.05, 4.69) is 6.92 Å². The zero-order chi connectivity index (χ0) is 13.8. The molecule has 1 aliphatic heterocycles. The fraction of sp³-hybridized carbons (Fsp3) is 0.562. The fourth-order valence-electron chi connectivity index (χ4n) is 2.51. The number of likely N-dealkylation sites (tertiary alicyclic amines) is 1. The van der Waals surface area contributed by atoms with E-state index in [9.17, 15) is 4.79 Å². The molecule has 1 aromatic rings. The average Bonchev–Trinajstić information content (AvgIpc) is 2.39. The Hall–Kier alpha value is -1.51. The van der Waals surface area contributed by atoms with E-state index in [-0.39, 0.29) is 12.0 Å². The molecule has 19 heavy (non-hydrogen) atoms. The summed E-state index contributed by atoms with van der Waals surface area (Å²) in [6, 6.07) is 7.83. The van der Waals surface area contributed by atoms with Gasteiger partial charge in [0.15, 0.2) is 0 Å². The normalized spacial score (nSPS) is 19.6. The van der Waals surface area contributed by atoms with Crippen molar-refractivity contribution in [3.63, 3.8) is 0 Å².